The first-order valence-corrected chi connectivity index (χ1v) is 11.3. The second-order valence-electron chi connectivity index (χ2n) is 6.53. The Morgan fingerprint density at radius 3 is 2.66 bits per heavy atom. The molecule has 0 saturated heterocycles. The second-order valence-corrected chi connectivity index (χ2v) is 8.50. The van der Waals surface area contributed by atoms with Gasteiger partial charge in [-0.1, -0.05) is 0 Å². The minimum atomic E-state index is -0.410. The number of rotatable bonds is 6. The monoisotopic (exact) mass is 431 g/mol. The van der Waals surface area contributed by atoms with Gasteiger partial charge in [0.1, 0.15) is 22.0 Å². The van der Waals surface area contributed by atoms with Crippen molar-refractivity contribution in [1.29, 1.82) is 0 Å². The molecule has 0 aliphatic heterocycles. The van der Waals surface area contributed by atoms with Gasteiger partial charge in [0.05, 0.1) is 29.7 Å². The van der Waals surface area contributed by atoms with Crippen molar-refractivity contribution >= 4 is 55.6 Å². The van der Waals surface area contributed by atoms with Gasteiger partial charge >= 0.3 is 11.9 Å². The van der Waals surface area contributed by atoms with E-state index < -0.39 is 5.97 Å². The van der Waals surface area contributed by atoms with E-state index in [0.717, 1.165) is 31.2 Å². The van der Waals surface area contributed by atoms with Crippen LogP contribution >= 0.6 is 22.7 Å². The lowest BCUT2D eigenvalue weighted by Crippen LogP contribution is -2.11. The summed E-state index contributed by atoms with van der Waals surface area (Å²) in [5, 5.41) is 6.34. The highest BCUT2D eigenvalue weighted by molar-refractivity contribution is 7.17. The van der Waals surface area contributed by atoms with Crippen LogP contribution < -0.4 is 5.32 Å². The number of aryl methyl sites for hydroxylation is 1. The molecule has 3 heterocycles. The van der Waals surface area contributed by atoms with Crippen molar-refractivity contribution in [2.24, 2.45) is 0 Å². The van der Waals surface area contributed by atoms with Gasteiger partial charge in [0.15, 0.2) is 0 Å². The van der Waals surface area contributed by atoms with Gasteiger partial charge in [0.25, 0.3) is 0 Å². The number of esters is 2. The number of anilines is 2. The van der Waals surface area contributed by atoms with Crippen LogP contribution in [0.2, 0.25) is 0 Å². The number of fused-ring (bicyclic) bond motifs is 2. The number of carbonyl (C=O) groups excluding carboxylic acids is 2. The normalized spacial score (nSPS) is 13.2. The van der Waals surface area contributed by atoms with Gasteiger partial charge in [-0.05, 0) is 45.1 Å². The first kappa shape index (κ1) is 19.8. The zero-order valence-corrected chi connectivity index (χ0v) is 17.9. The maximum absolute atomic E-state index is 12.7. The summed E-state index contributed by atoms with van der Waals surface area (Å²) in [7, 11) is 0. The average molecular weight is 432 g/mol. The molecule has 3 aromatic rings. The molecular weight excluding hydrogens is 410 g/mol. The number of thiophene rings is 2. The zero-order valence-electron chi connectivity index (χ0n) is 16.2. The Morgan fingerprint density at radius 2 is 1.86 bits per heavy atom. The van der Waals surface area contributed by atoms with Gasteiger partial charge in [0.2, 0.25) is 0 Å². The van der Waals surface area contributed by atoms with E-state index in [1.807, 2.05) is 0 Å². The molecule has 4 rings (SSSR count). The van der Waals surface area contributed by atoms with E-state index in [2.05, 4.69) is 15.3 Å². The summed E-state index contributed by atoms with van der Waals surface area (Å²) in [6.07, 6.45) is 5.45. The number of hydrogen-bond donors (Lipinski definition) is 1. The molecule has 0 radical (unpaired) electrons. The van der Waals surface area contributed by atoms with Crippen LogP contribution in [0.15, 0.2) is 11.7 Å². The lowest BCUT2D eigenvalue weighted by Gasteiger charge is -2.12. The molecule has 0 unspecified atom stereocenters. The Labute approximate surface area is 176 Å². The molecule has 0 aromatic carbocycles. The Morgan fingerprint density at radius 1 is 1.10 bits per heavy atom. The predicted octanol–water partition coefficient (Wildman–Crippen LogP) is 4.73. The fraction of sp³-hybridized carbons (Fsp3) is 0.400. The smallest absolute Gasteiger partial charge is 0.341 e. The molecule has 29 heavy (non-hydrogen) atoms. The van der Waals surface area contributed by atoms with Crippen LogP contribution in [-0.4, -0.2) is 35.1 Å². The molecule has 3 aromatic heterocycles. The van der Waals surface area contributed by atoms with Gasteiger partial charge in [-0.2, -0.15) is 0 Å². The van der Waals surface area contributed by atoms with Crippen LogP contribution in [0.25, 0.3) is 10.2 Å². The van der Waals surface area contributed by atoms with E-state index in [1.165, 1.54) is 22.5 Å². The maximum Gasteiger partial charge on any atom is 0.341 e. The molecule has 0 bridgehead atoms. The number of carbonyl (C=O) groups is 2. The van der Waals surface area contributed by atoms with E-state index in [-0.39, 0.29) is 12.6 Å². The van der Waals surface area contributed by atoms with Crippen molar-refractivity contribution in [3.05, 3.63) is 33.3 Å². The quantitative estimate of drug-likeness (QED) is 0.564. The zero-order chi connectivity index (χ0) is 20.4. The summed E-state index contributed by atoms with van der Waals surface area (Å²) < 4.78 is 10.5. The Bertz CT molecular complexity index is 1070. The van der Waals surface area contributed by atoms with Crippen LogP contribution in [-0.2, 0) is 22.3 Å². The van der Waals surface area contributed by atoms with E-state index in [0.29, 0.717) is 38.8 Å². The number of aromatic nitrogens is 2. The Balaban J connectivity index is 1.79. The van der Waals surface area contributed by atoms with Crippen LogP contribution in [0.4, 0.5) is 10.8 Å². The number of ether oxygens (including phenoxy) is 2. The first-order chi connectivity index (χ1) is 14.1. The topological polar surface area (TPSA) is 90.4 Å². The lowest BCUT2D eigenvalue weighted by molar-refractivity contribution is 0.0518. The third-order valence-corrected chi connectivity index (χ3v) is 6.84. The summed E-state index contributed by atoms with van der Waals surface area (Å²) in [4.78, 5) is 35.6. The molecular formula is C20H21N3O4S2. The first-order valence-electron chi connectivity index (χ1n) is 9.62. The van der Waals surface area contributed by atoms with Gasteiger partial charge < -0.3 is 14.8 Å². The van der Waals surface area contributed by atoms with Crippen LogP contribution in [0.3, 0.4) is 0 Å². The Hall–Kier alpha value is -2.52. The summed E-state index contributed by atoms with van der Waals surface area (Å²) in [5.74, 6) is -0.244. The molecule has 1 N–H and O–H groups in total. The molecule has 152 valence electrons. The summed E-state index contributed by atoms with van der Waals surface area (Å²) in [5.41, 5.74) is 2.09. The van der Waals surface area contributed by atoms with Crippen molar-refractivity contribution < 1.29 is 19.1 Å². The van der Waals surface area contributed by atoms with E-state index >= 15 is 0 Å². The van der Waals surface area contributed by atoms with E-state index in [9.17, 15) is 9.59 Å². The predicted molar refractivity (Wildman–Crippen MR) is 114 cm³/mol. The number of hydrogen-bond acceptors (Lipinski definition) is 9. The highest BCUT2D eigenvalue weighted by atomic mass is 32.1. The number of nitrogens with one attached hydrogen (secondary N) is 1. The summed E-state index contributed by atoms with van der Waals surface area (Å²) >= 11 is 2.92. The van der Waals surface area contributed by atoms with Crippen molar-refractivity contribution in [1.82, 2.24) is 9.97 Å². The molecule has 1 aliphatic carbocycles. The van der Waals surface area contributed by atoms with Crippen molar-refractivity contribution in [3.8, 4) is 0 Å². The fourth-order valence-electron chi connectivity index (χ4n) is 3.51. The molecule has 0 amide bonds. The molecule has 9 heteroatoms. The largest absolute Gasteiger partial charge is 0.462 e. The fourth-order valence-corrected chi connectivity index (χ4v) is 5.66. The third-order valence-electron chi connectivity index (χ3n) is 4.75. The third kappa shape index (κ3) is 3.72. The van der Waals surface area contributed by atoms with Gasteiger partial charge in [-0.3, -0.25) is 0 Å². The molecule has 7 nitrogen and oxygen atoms in total. The standard InChI is InChI=1S/C20H21N3O4S2/c1-3-26-19(24)12-9-28-17-14(12)16(21-10-22-17)23-18-15(20(25)27-4-2)11-7-5-6-8-13(11)29-18/h9-10H,3-8H2,1-2H3,(H,21,22,23). The Kier molecular flexibility index (Phi) is 5.77. The molecule has 0 fully saturated rings. The van der Waals surface area contributed by atoms with Crippen LogP contribution in [0, 0.1) is 0 Å². The molecule has 1 aliphatic rings. The molecule has 0 spiro atoms. The van der Waals surface area contributed by atoms with Gasteiger partial charge in [-0.15, -0.1) is 22.7 Å². The maximum atomic E-state index is 12.7. The second kappa shape index (κ2) is 8.46. The highest BCUT2D eigenvalue weighted by Gasteiger charge is 2.27. The van der Waals surface area contributed by atoms with Crippen LogP contribution in [0.5, 0.6) is 0 Å². The minimum Gasteiger partial charge on any atom is -0.462 e. The van der Waals surface area contributed by atoms with Crippen molar-refractivity contribution in [3.63, 3.8) is 0 Å². The van der Waals surface area contributed by atoms with Crippen LogP contribution in [0.1, 0.15) is 57.8 Å². The van der Waals surface area contributed by atoms with E-state index in [1.54, 1.807) is 30.6 Å². The molecule has 0 saturated carbocycles. The van der Waals surface area contributed by atoms with Crippen molar-refractivity contribution in [2.75, 3.05) is 18.5 Å². The van der Waals surface area contributed by atoms with E-state index in [4.69, 9.17) is 9.47 Å². The van der Waals surface area contributed by atoms with Crippen molar-refractivity contribution in [2.45, 2.75) is 39.5 Å². The van der Waals surface area contributed by atoms with Gasteiger partial charge in [0, 0.05) is 10.3 Å². The highest BCUT2D eigenvalue weighted by Crippen LogP contribution is 2.41. The summed E-state index contributed by atoms with van der Waals surface area (Å²) in [6.45, 7) is 4.17. The summed E-state index contributed by atoms with van der Waals surface area (Å²) in [6, 6.07) is 0. The number of nitrogens with zero attached hydrogens (tertiary/aromatic N) is 2. The average Bonchev–Trinajstić information content (AvgIpc) is 3.30. The lowest BCUT2D eigenvalue weighted by atomic mass is 9.95. The minimum absolute atomic E-state index is 0.289. The molecule has 0 atom stereocenters. The van der Waals surface area contributed by atoms with Gasteiger partial charge in [-0.25, -0.2) is 19.6 Å². The SMILES string of the molecule is CCOC(=O)c1c(Nc2ncnc3scc(C(=O)OCC)c23)sc2c1CCCC2.